The van der Waals surface area contributed by atoms with Gasteiger partial charge in [0.25, 0.3) is 0 Å². The number of aryl methyl sites for hydroxylation is 1. The Morgan fingerprint density at radius 3 is 3.05 bits per heavy atom. The van der Waals surface area contributed by atoms with Crippen molar-refractivity contribution in [3.05, 3.63) is 11.9 Å². The summed E-state index contributed by atoms with van der Waals surface area (Å²) in [7, 11) is 0. The first-order chi connectivity index (χ1) is 9.10. The van der Waals surface area contributed by atoms with Gasteiger partial charge < -0.3 is 14.7 Å². The van der Waals surface area contributed by atoms with Crippen LogP contribution in [0.25, 0.3) is 0 Å². The summed E-state index contributed by atoms with van der Waals surface area (Å²) >= 11 is 0. The lowest BCUT2D eigenvalue weighted by Gasteiger charge is -2.31. The van der Waals surface area contributed by atoms with Gasteiger partial charge >= 0.3 is 5.97 Å². The summed E-state index contributed by atoms with van der Waals surface area (Å²) in [6.07, 6.45) is 1.60. The highest BCUT2D eigenvalue weighted by Crippen LogP contribution is 2.24. The molecule has 1 aromatic rings. The zero-order valence-corrected chi connectivity index (χ0v) is 11.3. The van der Waals surface area contributed by atoms with E-state index in [9.17, 15) is 4.79 Å². The van der Waals surface area contributed by atoms with Gasteiger partial charge in [0.05, 0.1) is 12.5 Å². The molecule has 104 valence electrons. The lowest BCUT2D eigenvalue weighted by molar-refractivity contribution is -0.141. The molecule has 1 aromatic heterocycles. The third kappa shape index (κ3) is 3.33. The fraction of sp³-hybridized carbons (Fsp3) is 0.615. The van der Waals surface area contributed by atoms with E-state index in [2.05, 4.69) is 9.97 Å². The number of ether oxygens (including phenoxy) is 1. The number of anilines is 1. The Bertz CT molecular complexity index is 464. The van der Waals surface area contributed by atoms with E-state index >= 15 is 0 Å². The van der Waals surface area contributed by atoms with Crippen LogP contribution >= 0.6 is 0 Å². The number of carboxylic acid groups (broad SMARTS) is 1. The van der Waals surface area contributed by atoms with Crippen LogP contribution in [-0.2, 0) is 4.79 Å². The normalized spacial score (nSPS) is 19.3. The summed E-state index contributed by atoms with van der Waals surface area (Å²) in [5.41, 5.74) is 0. The van der Waals surface area contributed by atoms with Gasteiger partial charge in [-0.3, -0.25) is 4.79 Å². The lowest BCUT2D eigenvalue weighted by Crippen LogP contribution is -2.39. The van der Waals surface area contributed by atoms with E-state index in [0.717, 1.165) is 25.2 Å². The van der Waals surface area contributed by atoms with Crippen molar-refractivity contribution in [3.63, 3.8) is 0 Å². The number of hydrogen-bond donors (Lipinski definition) is 1. The summed E-state index contributed by atoms with van der Waals surface area (Å²) < 4.78 is 5.40. The Balaban J connectivity index is 2.18. The molecule has 1 aliphatic rings. The van der Waals surface area contributed by atoms with Gasteiger partial charge in [-0.2, -0.15) is 4.98 Å². The van der Waals surface area contributed by atoms with Crippen LogP contribution in [0.3, 0.4) is 0 Å². The second kappa shape index (κ2) is 5.86. The summed E-state index contributed by atoms with van der Waals surface area (Å²) in [5.74, 6) is 0.878. The van der Waals surface area contributed by atoms with Crippen molar-refractivity contribution in [2.24, 2.45) is 5.92 Å². The van der Waals surface area contributed by atoms with Crippen molar-refractivity contribution >= 4 is 11.8 Å². The molecule has 0 aliphatic carbocycles. The Kier molecular flexibility index (Phi) is 4.19. The Hall–Kier alpha value is -1.85. The standard InChI is InChI=1S/C13H19N3O3/c1-3-19-12-7-11(14-9(2)15-12)16-6-4-5-10(8-16)13(17)18/h7,10H,3-6,8H2,1-2H3,(H,17,18). The molecule has 1 unspecified atom stereocenters. The topological polar surface area (TPSA) is 75.5 Å². The third-order valence-electron chi connectivity index (χ3n) is 3.19. The molecule has 19 heavy (non-hydrogen) atoms. The van der Waals surface area contributed by atoms with Crippen molar-refractivity contribution in [2.45, 2.75) is 26.7 Å². The van der Waals surface area contributed by atoms with Crippen molar-refractivity contribution in [1.82, 2.24) is 9.97 Å². The second-order valence-corrected chi connectivity index (χ2v) is 4.67. The van der Waals surface area contributed by atoms with Gasteiger partial charge in [0.1, 0.15) is 11.6 Å². The number of hydrogen-bond acceptors (Lipinski definition) is 5. The number of carbonyl (C=O) groups is 1. The van der Waals surface area contributed by atoms with Crippen LogP contribution in [-0.4, -0.2) is 40.7 Å². The van der Waals surface area contributed by atoms with Gasteiger partial charge in [-0.25, -0.2) is 4.98 Å². The van der Waals surface area contributed by atoms with Crippen molar-refractivity contribution in [2.75, 3.05) is 24.6 Å². The Morgan fingerprint density at radius 1 is 1.58 bits per heavy atom. The van der Waals surface area contributed by atoms with Gasteiger partial charge in [-0.1, -0.05) is 0 Å². The number of piperidine rings is 1. The van der Waals surface area contributed by atoms with E-state index in [4.69, 9.17) is 9.84 Å². The first-order valence-corrected chi connectivity index (χ1v) is 6.56. The van der Waals surface area contributed by atoms with E-state index in [-0.39, 0.29) is 5.92 Å². The van der Waals surface area contributed by atoms with E-state index in [1.165, 1.54) is 0 Å². The first-order valence-electron chi connectivity index (χ1n) is 6.56. The maximum absolute atomic E-state index is 11.1. The minimum Gasteiger partial charge on any atom is -0.481 e. The molecule has 1 aliphatic heterocycles. The molecule has 2 heterocycles. The predicted octanol–water partition coefficient (Wildman–Crippen LogP) is 1.48. The first kappa shape index (κ1) is 13.6. The van der Waals surface area contributed by atoms with Crippen LogP contribution in [0.2, 0.25) is 0 Å². The largest absolute Gasteiger partial charge is 0.481 e. The number of carboxylic acids is 1. The molecule has 2 rings (SSSR count). The molecule has 0 saturated carbocycles. The number of aromatic nitrogens is 2. The molecular weight excluding hydrogens is 246 g/mol. The molecule has 1 atom stereocenters. The smallest absolute Gasteiger partial charge is 0.308 e. The molecule has 1 fully saturated rings. The monoisotopic (exact) mass is 265 g/mol. The summed E-state index contributed by atoms with van der Waals surface area (Å²) in [5, 5.41) is 9.11. The fourth-order valence-electron chi connectivity index (χ4n) is 2.30. The number of rotatable bonds is 4. The minimum absolute atomic E-state index is 0.320. The Morgan fingerprint density at radius 2 is 2.37 bits per heavy atom. The SMILES string of the molecule is CCOc1cc(N2CCCC(C(=O)O)C2)nc(C)n1. The summed E-state index contributed by atoms with van der Waals surface area (Å²) in [6.45, 7) is 5.58. The summed E-state index contributed by atoms with van der Waals surface area (Å²) in [4.78, 5) is 21.7. The van der Waals surface area contributed by atoms with Gasteiger partial charge in [0.15, 0.2) is 0 Å². The average molecular weight is 265 g/mol. The van der Waals surface area contributed by atoms with Crippen LogP contribution in [0.1, 0.15) is 25.6 Å². The van der Waals surface area contributed by atoms with Crippen LogP contribution in [0.4, 0.5) is 5.82 Å². The number of nitrogens with zero attached hydrogens (tertiary/aromatic N) is 3. The zero-order chi connectivity index (χ0) is 13.8. The van der Waals surface area contributed by atoms with Crippen molar-refractivity contribution < 1.29 is 14.6 Å². The van der Waals surface area contributed by atoms with E-state index in [0.29, 0.717) is 24.9 Å². The third-order valence-corrected chi connectivity index (χ3v) is 3.19. The second-order valence-electron chi connectivity index (χ2n) is 4.67. The zero-order valence-electron chi connectivity index (χ0n) is 11.3. The molecule has 6 nitrogen and oxygen atoms in total. The average Bonchev–Trinajstić information content (AvgIpc) is 2.38. The van der Waals surface area contributed by atoms with Crippen LogP contribution in [0, 0.1) is 12.8 Å². The van der Waals surface area contributed by atoms with Gasteiger partial charge in [-0.15, -0.1) is 0 Å². The van der Waals surface area contributed by atoms with Gasteiger partial charge in [0.2, 0.25) is 5.88 Å². The number of aliphatic carboxylic acids is 1. The maximum atomic E-state index is 11.1. The highest BCUT2D eigenvalue weighted by molar-refractivity contribution is 5.71. The molecule has 0 bridgehead atoms. The quantitative estimate of drug-likeness (QED) is 0.888. The van der Waals surface area contributed by atoms with Crippen molar-refractivity contribution in [3.8, 4) is 5.88 Å². The van der Waals surface area contributed by atoms with Gasteiger partial charge in [0, 0.05) is 19.2 Å². The minimum atomic E-state index is -0.736. The fourth-order valence-corrected chi connectivity index (χ4v) is 2.30. The predicted molar refractivity (Wildman–Crippen MR) is 70.5 cm³/mol. The Labute approximate surface area is 112 Å². The molecule has 1 saturated heterocycles. The molecule has 0 radical (unpaired) electrons. The molecule has 6 heteroatoms. The van der Waals surface area contributed by atoms with Crippen LogP contribution < -0.4 is 9.64 Å². The molecule has 0 spiro atoms. The van der Waals surface area contributed by atoms with E-state index in [1.807, 2.05) is 18.7 Å². The molecular formula is C13H19N3O3. The highest BCUT2D eigenvalue weighted by atomic mass is 16.5. The van der Waals surface area contributed by atoms with Crippen LogP contribution in [0.15, 0.2) is 6.07 Å². The van der Waals surface area contributed by atoms with E-state index < -0.39 is 5.97 Å². The summed E-state index contributed by atoms with van der Waals surface area (Å²) in [6, 6.07) is 1.78. The lowest BCUT2D eigenvalue weighted by atomic mass is 9.98. The van der Waals surface area contributed by atoms with Crippen molar-refractivity contribution in [1.29, 1.82) is 0 Å². The molecule has 0 aromatic carbocycles. The highest BCUT2D eigenvalue weighted by Gasteiger charge is 2.26. The molecule has 1 N–H and O–H groups in total. The molecule has 0 amide bonds. The van der Waals surface area contributed by atoms with E-state index in [1.54, 1.807) is 6.07 Å². The van der Waals surface area contributed by atoms with Gasteiger partial charge in [-0.05, 0) is 26.7 Å². The maximum Gasteiger partial charge on any atom is 0.308 e. The van der Waals surface area contributed by atoms with Crippen LogP contribution in [0.5, 0.6) is 5.88 Å².